The number of allylic oxidation sites excluding steroid dienone is 1. The molecular formula is C25H23FN4O2. The predicted molar refractivity (Wildman–Crippen MR) is 126 cm³/mol. The lowest BCUT2D eigenvalue weighted by molar-refractivity contribution is -0.105. The fourth-order valence-electron chi connectivity index (χ4n) is 3.98. The van der Waals surface area contributed by atoms with Crippen LogP contribution in [0.3, 0.4) is 0 Å². The molecule has 1 amide bonds. The van der Waals surface area contributed by atoms with Crippen LogP contribution in [0, 0.1) is 5.82 Å². The molecule has 162 valence electrons. The first-order chi connectivity index (χ1) is 15.5. The summed E-state index contributed by atoms with van der Waals surface area (Å²) in [5.41, 5.74) is 8.21. The van der Waals surface area contributed by atoms with Crippen LogP contribution in [0.1, 0.15) is 19.4 Å². The summed E-state index contributed by atoms with van der Waals surface area (Å²) in [5.74, 6) is -0.314. The van der Waals surface area contributed by atoms with Gasteiger partial charge in [-0.2, -0.15) is 0 Å². The fourth-order valence-corrected chi connectivity index (χ4v) is 3.98. The van der Waals surface area contributed by atoms with Crippen molar-refractivity contribution in [3.63, 3.8) is 0 Å². The number of amides is 1. The molecule has 0 aliphatic carbocycles. The molecule has 2 aromatic carbocycles. The first-order valence-corrected chi connectivity index (χ1v) is 10.2. The van der Waals surface area contributed by atoms with Gasteiger partial charge < -0.3 is 15.5 Å². The lowest BCUT2D eigenvalue weighted by Crippen LogP contribution is -2.11. The molecule has 1 aliphatic rings. The normalized spacial score (nSPS) is 13.3. The summed E-state index contributed by atoms with van der Waals surface area (Å²) in [6, 6.07) is 14.0. The third-order valence-electron chi connectivity index (χ3n) is 5.39. The van der Waals surface area contributed by atoms with E-state index >= 15 is 0 Å². The van der Waals surface area contributed by atoms with Crippen molar-refractivity contribution >= 4 is 29.1 Å². The number of pyridine rings is 1. The van der Waals surface area contributed by atoms with Crippen molar-refractivity contribution in [3.8, 4) is 22.4 Å². The molecule has 2 heterocycles. The van der Waals surface area contributed by atoms with E-state index in [-0.39, 0.29) is 5.82 Å². The summed E-state index contributed by atoms with van der Waals surface area (Å²) in [6.45, 7) is 4.33. The Bertz CT molecular complexity index is 1230. The summed E-state index contributed by atoms with van der Waals surface area (Å²) in [5, 5.41) is 10.2. The van der Waals surface area contributed by atoms with Gasteiger partial charge in [-0.1, -0.05) is 11.2 Å². The van der Waals surface area contributed by atoms with Gasteiger partial charge in [0.25, 0.3) is 0 Å². The highest BCUT2D eigenvalue weighted by molar-refractivity contribution is 6.24. The average molecular weight is 430 g/mol. The molecule has 0 unspecified atom stereocenters. The van der Waals surface area contributed by atoms with E-state index in [1.165, 1.54) is 12.1 Å². The Morgan fingerprint density at radius 3 is 2.53 bits per heavy atom. The number of rotatable bonds is 6. The highest BCUT2D eigenvalue weighted by atomic mass is 19.1. The topological polar surface area (TPSA) is 75.6 Å². The van der Waals surface area contributed by atoms with Crippen LogP contribution in [0.5, 0.6) is 0 Å². The van der Waals surface area contributed by atoms with Gasteiger partial charge in [-0.3, -0.25) is 9.78 Å². The summed E-state index contributed by atoms with van der Waals surface area (Å²) < 4.78 is 13.5. The number of carbonyl (C=O) groups excluding carboxylic acids is 1. The lowest BCUT2D eigenvalue weighted by Gasteiger charge is -2.21. The maximum Gasteiger partial charge on any atom is 0.211 e. The van der Waals surface area contributed by atoms with E-state index in [1.54, 1.807) is 25.4 Å². The van der Waals surface area contributed by atoms with Gasteiger partial charge in [-0.25, -0.2) is 4.39 Å². The molecule has 0 fully saturated rings. The summed E-state index contributed by atoms with van der Waals surface area (Å²) in [6.07, 6.45) is 2.35. The standard InChI is InChI=1S/C25H23FN4O2/c1-15-13-32-30-16(2)23(15)18-11-21(25(29-14-31)22(12-18)27-3)20-5-4-10-28-24(20)17-6-8-19(26)9-7-17/h4-12,14,27H,13H2,1-3H3,(H,29,31). The largest absolute Gasteiger partial charge is 0.391 e. The molecule has 1 aromatic heterocycles. The van der Waals surface area contributed by atoms with Crippen molar-refractivity contribution in [1.82, 2.24) is 4.98 Å². The van der Waals surface area contributed by atoms with E-state index in [9.17, 15) is 9.18 Å². The van der Waals surface area contributed by atoms with E-state index in [1.807, 2.05) is 38.1 Å². The molecule has 0 bridgehead atoms. The van der Waals surface area contributed by atoms with E-state index in [4.69, 9.17) is 4.84 Å². The number of aromatic nitrogens is 1. The zero-order valence-corrected chi connectivity index (χ0v) is 18.1. The number of carbonyl (C=O) groups is 1. The van der Waals surface area contributed by atoms with E-state index in [2.05, 4.69) is 20.8 Å². The Morgan fingerprint density at radius 2 is 1.84 bits per heavy atom. The molecule has 0 saturated carbocycles. The Hall–Kier alpha value is -4.00. The third-order valence-corrected chi connectivity index (χ3v) is 5.39. The molecule has 0 spiro atoms. The Balaban J connectivity index is 1.99. The van der Waals surface area contributed by atoms with Crippen molar-refractivity contribution in [1.29, 1.82) is 0 Å². The van der Waals surface area contributed by atoms with Gasteiger partial charge in [0, 0.05) is 35.5 Å². The number of benzene rings is 2. The molecule has 3 aromatic rings. The third kappa shape index (κ3) is 3.97. The summed E-state index contributed by atoms with van der Waals surface area (Å²) in [7, 11) is 1.80. The Morgan fingerprint density at radius 1 is 1.06 bits per heavy atom. The van der Waals surface area contributed by atoms with Crippen LogP contribution in [0.4, 0.5) is 15.8 Å². The SMILES string of the molecule is CNc1cc(C2=C(C)CON=C2C)cc(-c2cccnc2-c2ccc(F)cc2)c1NC=O. The van der Waals surface area contributed by atoms with Crippen LogP contribution in [0.25, 0.3) is 28.0 Å². The van der Waals surface area contributed by atoms with Gasteiger partial charge in [-0.15, -0.1) is 0 Å². The molecule has 4 rings (SSSR count). The highest BCUT2D eigenvalue weighted by Gasteiger charge is 2.21. The molecule has 2 N–H and O–H groups in total. The van der Waals surface area contributed by atoms with Crippen molar-refractivity contribution in [3.05, 3.63) is 71.7 Å². The summed E-state index contributed by atoms with van der Waals surface area (Å²) >= 11 is 0. The lowest BCUT2D eigenvalue weighted by atomic mass is 9.90. The van der Waals surface area contributed by atoms with Gasteiger partial charge in [-0.05, 0) is 67.4 Å². The number of hydrogen-bond donors (Lipinski definition) is 2. The van der Waals surface area contributed by atoms with Gasteiger partial charge in [0.15, 0.2) is 0 Å². The van der Waals surface area contributed by atoms with Crippen LogP contribution in [-0.2, 0) is 9.63 Å². The van der Waals surface area contributed by atoms with Crippen molar-refractivity contribution in [2.45, 2.75) is 13.8 Å². The molecular weight excluding hydrogens is 407 g/mol. The highest BCUT2D eigenvalue weighted by Crippen LogP contribution is 2.41. The quantitative estimate of drug-likeness (QED) is 0.518. The van der Waals surface area contributed by atoms with Crippen LogP contribution < -0.4 is 10.6 Å². The van der Waals surface area contributed by atoms with Crippen molar-refractivity contribution in [2.75, 3.05) is 24.3 Å². The molecule has 32 heavy (non-hydrogen) atoms. The van der Waals surface area contributed by atoms with Gasteiger partial charge in [0.05, 0.1) is 22.8 Å². The van der Waals surface area contributed by atoms with Gasteiger partial charge in [0.2, 0.25) is 6.41 Å². The van der Waals surface area contributed by atoms with Crippen LogP contribution in [-0.4, -0.2) is 30.8 Å². The number of halogens is 1. The average Bonchev–Trinajstić information content (AvgIpc) is 2.80. The van der Waals surface area contributed by atoms with Crippen LogP contribution in [0.15, 0.2) is 65.5 Å². The molecule has 6 nitrogen and oxygen atoms in total. The number of oxime groups is 1. The van der Waals surface area contributed by atoms with Gasteiger partial charge >= 0.3 is 0 Å². The van der Waals surface area contributed by atoms with Gasteiger partial charge in [0.1, 0.15) is 12.4 Å². The molecule has 0 radical (unpaired) electrons. The number of nitrogens with zero attached hydrogens (tertiary/aromatic N) is 2. The van der Waals surface area contributed by atoms with Crippen molar-refractivity contribution in [2.24, 2.45) is 5.16 Å². The van der Waals surface area contributed by atoms with Crippen LogP contribution in [0.2, 0.25) is 0 Å². The minimum atomic E-state index is -0.314. The molecule has 0 saturated heterocycles. The predicted octanol–water partition coefficient (Wildman–Crippen LogP) is 5.34. The first-order valence-electron chi connectivity index (χ1n) is 10.2. The second-order valence-corrected chi connectivity index (χ2v) is 7.47. The minimum absolute atomic E-state index is 0.314. The second kappa shape index (κ2) is 9.01. The maximum atomic E-state index is 13.5. The minimum Gasteiger partial charge on any atom is -0.391 e. The maximum absolute atomic E-state index is 13.5. The van der Waals surface area contributed by atoms with Crippen LogP contribution >= 0.6 is 0 Å². The van der Waals surface area contributed by atoms with Crippen molar-refractivity contribution < 1.29 is 14.0 Å². The monoisotopic (exact) mass is 430 g/mol. The first kappa shape index (κ1) is 21.2. The Labute approximate surface area is 185 Å². The molecule has 0 atom stereocenters. The number of nitrogens with one attached hydrogen (secondary N) is 2. The smallest absolute Gasteiger partial charge is 0.211 e. The Kier molecular flexibility index (Phi) is 5.98. The van der Waals surface area contributed by atoms with E-state index < -0.39 is 0 Å². The zero-order valence-electron chi connectivity index (χ0n) is 18.1. The number of hydrogen-bond acceptors (Lipinski definition) is 5. The zero-order chi connectivity index (χ0) is 22.7. The van der Waals surface area contributed by atoms with E-state index in [0.29, 0.717) is 24.4 Å². The second-order valence-electron chi connectivity index (χ2n) is 7.47. The summed E-state index contributed by atoms with van der Waals surface area (Å²) in [4.78, 5) is 21.3. The number of anilines is 2. The van der Waals surface area contributed by atoms with E-state index in [0.717, 1.165) is 44.8 Å². The fraction of sp³-hybridized carbons (Fsp3) is 0.160. The molecule has 7 heteroatoms. The molecule has 1 aliphatic heterocycles.